The number of aromatic carboxylic acids is 1. The fraction of sp³-hybridized carbons (Fsp3) is 0.152. The lowest BCUT2D eigenvalue weighted by molar-refractivity contribution is 0.0696. The molecule has 0 aliphatic carbocycles. The maximum absolute atomic E-state index is 15.5. The third-order valence-electron chi connectivity index (χ3n) is 7.02. The lowest BCUT2D eigenvalue weighted by Crippen LogP contribution is -2.16. The van der Waals surface area contributed by atoms with Crippen molar-refractivity contribution in [2.45, 2.75) is 19.8 Å². The molecular weight excluding hydrogens is 517 g/mol. The second-order valence-electron chi connectivity index (χ2n) is 9.63. The van der Waals surface area contributed by atoms with E-state index >= 15 is 4.39 Å². The van der Waals surface area contributed by atoms with Crippen LogP contribution < -0.4 is 4.90 Å². The predicted molar refractivity (Wildman–Crippen MR) is 161 cm³/mol. The molecule has 0 saturated heterocycles. The van der Waals surface area contributed by atoms with E-state index in [0.29, 0.717) is 35.6 Å². The Balaban J connectivity index is 1.77. The summed E-state index contributed by atoms with van der Waals surface area (Å²) in [6, 6.07) is 24.1. The van der Waals surface area contributed by atoms with Gasteiger partial charge in [0.15, 0.2) is 5.82 Å². The standard InChI is InChI=1S/C33H30FN5O2/c1-5-13-27-35-30-26(38(27)3)20-28(39(4)31-21(6-2)18-24(33(40)41)19-25(31)34)36-32(30)37-29(22-14-9-7-10-15-22)23-16-11-8-12-17-23/h5,7-12,14-20H,1,6,13H2,2-4H3,(H,40,41). The van der Waals surface area contributed by atoms with Gasteiger partial charge in [-0.1, -0.05) is 73.7 Å². The molecule has 0 aliphatic heterocycles. The smallest absolute Gasteiger partial charge is 0.335 e. The number of hydrogen-bond acceptors (Lipinski definition) is 5. The molecule has 1 N–H and O–H groups in total. The van der Waals surface area contributed by atoms with Crippen LogP contribution in [0.4, 0.5) is 21.7 Å². The minimum Gasteiger partial charge on any atom is -0.478 e. The number of halogens is 1. The summed E-state index contributed by atoms with van der Waals surface area (Å²) >= 11 is 0. The van der Waals surface area contributed by atoms with Crippen LogP contribution in [-0.2, 0) is 19.9 Å². The van der Waals surface area contributed by atoms with Crippen molar-refractivity contribution in [3.8, 4) is 0 Å². The highest BCUT2D eigenvalue weighted by Gasteiger charge is 2.22. The highest BCUT2D eigenvalue weighted by atomic mass is 19.1. The van der Waals surface area contributed by atoms with Crippen molar-refractivity contribution < 1.29 is 14.3 Å². The molecule has 0 fully saturated rings. The zero-order chi connectivity index (χ0) is 29.1. The molecule has 8 heteroatoms. The first kappa shape index (κ1) is 27.5. The van der Waals surface area contributed by atoms with Gasteiger partial charge >= 0.3 is 5.97 Å². The van der Waals surface area contributed by atoms with E-state index in [9.17, 15) is 9.90 Å². The number of nitrogens with zero attached hydrogens (tertiary/aromatic N) is 5. The Kier molecular flexibility index (Phi) is 7.74. The predicted octanol–water partition coefficient (Wildman–Crippen LogP) is 7.03. The average molecular weight is 548 g/mol. The summed E-state index contributed by atoms with van der Waals surface area (Å²) in [6.07, 6.45) is 2.78. The number of carbonyl (C=O) groups is 1. The van der Waals surface area contributed by atoms with Gasteiger partial charge in [-0.25, -0.2) is 24.1 Å². The molecule has 5 aromatic rings. The first-order valence-electron chi connectivity index (χ1n) is 13.3. The molecule has 5 rings (SSSR count). The maximum atomic E-state index is 15.5. The highest BCUT2D eigenvalue weighted by molar-refractivity contribution is 6.14. The minimum atomic E-state index is -1.18. The molecule has 0 spiro atoms. The number of pyridine rings is 1. The fourth-order valence-electron chi connectivity index (χ4n) is 4.90. The summed E-state index contributed by atoms with van der Waals surface area (Å²) in [6.45, 7) is 5.72. The van der Waals surface area contributed by atoms with Crippen LogP contribution in [-0.4, -0.2) is 38.4 Å². The molecule has 0 aliphatic rings. The number of rotatable bonds is 9. The second kappa shape index (κ2) is 11.6. The number of hydrogen-bond donors (Lipinski definition) is 1. The number of anilines is 2. The normalized spacial score (nSPS) is 10.9. The van der Waals surface area contributed by atoms with E-state index in [1.165, 1.54) is 6.07 Å². The molecule has 2 aromatic heterocycles. The minimum absolute atomic E-state index is 0.0961. The zero-order valence-electron chi connectivity index (χ0n) is 23.2. The number of imidazole rings is 1. The number of benzene rings is 3. The summed E-state index contributed by atoms with van der Waals surface area (Å²) in [5.41, 5.74) is 4.67. The van der Waals surface area contributed by atoms with Gasteiger partial charge in [0.2, 0.25) is 0 Å². The second-order valence-corrected chi connectivity index (χ2v) is 9.63. The quantitative estimate of drug-likeness (QED) is 0.158. The molecular formula is C33H30FN5O2. The molecule has 3 aromatic carbocycles. The van der Waals surface area contributed by atoms with E-state index in [4.69, 9.17) is 15.0 Å². The Morgan fingerprint density at radius 1 is 1.02 bits per heavy atom. The maximum Gasteiger partial charge on any atom is 0.335 e. The summed E-state index contributed by atoms with van der Waals surface area (Å²) in [5, 5.41) is 9.45. The molecule has 0 radical (unpaired) electrons. The van der Waals surface area contributed by atoms with E-state index in [0.717, 1.165) is 34.2 Å². The lowest BCUT2D eigenvalue weighted by Gasteiger charge is -2.23. The van der Waals surface area contributed by atoms with Crippen LogP contribution in [0, 0.1) is 5.82 Å². The van der Waals surface area contributed by atoms with Crippen molar-refractivity contribution >= 4 is 40.0 Å². The van der Waals surface area contributed by atoms with Gasteiger partial charge in [-0.15, -0.1) is 6.58 Å². The van der Waals surface area contributed by atoms with E-state index < -0.39 is 11.8 Å². The van der Waals surface area contributed by atoms with Crippen LogP contribution >= 0.6 is 0 Å². The summed E-state index contributed by atoms with van der Waals surface area (Å²) in [5.74, 6) is -0.189. The van der Waals surface area contributed by atoms with Crippen molar-refractivity contribution in [3.05, 3.63) is 125 Å². The molecule has 2 heterocycles. The van der Waals surface area contributed by atoms with Gasteiger partial charge < -0.3 is 14.6 Å². The molecule has 0 amide bonds. The van der Waals surface area contributed by atoms with Gasteiger partial charge in [0.05, 0.1) is 22.5 Å². The van der Waals surface area contributed by atoms with Crippen molar-refractivity contribution in [1.29, 1.82) is 0 Å². The third-order valence-corrected chi connectivity index (χ3v) is 7.02. The molecule has 0 unspecified atom stereocenters. The average Bonchev–Trinajstić information content (AvgIpc) is 3.31. The first-order valence-corrected chi connectivity index (χ1v) is 13.3. The Hall–Kier alpha value is -5.11. The third kappa shape index (κ3) is 5.36. The number of carboxylic acid groups (broad SMARTS) is 1. The topological polar surface area (TPSA) is 83.6 Å². The molecule has 7 nitrogen and oxygen atoms in total. The fourth-order valence-corrected chi connectivity index (χ4v) is 4.90. The van der Waals surface area contributed by atoms with E-state index in [1.54, 1.807) is 18.0 Å². The van der Waals surface area contributed by atoms with Crippen LogP contribution in [0.2, 0.25) is 0 Å². The van der Waals surface area contributed by atoms with Crippen molar-refractivity contribution in [2.24, 2.45) is 12.0 Å². The van der Waals surface area contributed by atoms with Crippen LogP contribution in [0.1, 0.15) is 39.8 Å². The SMILES string of the molecule is C=CCc1nc2c(N=C(c3ccccc3)c3ccccc3)nc(N(C)c3c(F)cc(C(=O)O)cc3CC)cc2n1C. The number of carboxylic acids is 1. The number of aliphatic imine (C=N–C) groups is 1. The Morgan fingerprint density at radius 3 is 2.22 bits per heavy atom. The van der Waals surface area contributed by atoms with Gasteiger partial charge in [-0.2, -0.15) is 0 Å². The Morgan fingerprint density at radius 2 is 1.66 bits per heavy atom. The molecule has 206 valence electrons. The number of aryl methyl sites for hydroxylation is 2. The van der Waals surface area contributed by atoms with E-state index in [2.05, 4.69) is 6.58 Å². The van der Waals surface area contributed by atoms with Crippen LogP contribution in [0.3, 0.4) is 0 Å². The Bertz CT molecular complexity index is 1740. The largest absolute Gasteiger partial charge is 0.478 e. The molecule has 0 atom stereocenters. The van der Waals surface area contributed by atoms with Crippen LogP contribution in [0.15, 0.2) is 96.5 Å². The lowest BCUT2D eigenvalue weighted by atomic mass is 10.0. The van der Waals surface area contributed by atoms with Crippen molar-refractivity contribution in [1.82, 2.24) is 14.5 Å². The number of aromatic nitrogens is 3. The number of allylic oxidation sites excluding steroid dienone is 1. The Labute approximate surface area is 238 Å². The summed E-state index contributed by atoms with van der Waals surface area (Å²) in [7, 11) is 3.64. The van der Waals surface area contributed by atoms with Gasteiger partial charge in [-0.3, -0.25) is 0 Å². The van der Waals surface area contributed by atoms with Gasteiger partial charge in [0.1, 0.15) is 23.0 Å². The van der Waals surface area contributed by atoms with Crippen LogP contribution in [0.25, 0.3) is 11.0 Å². The van der Waals surface area contributed by atoms with E-state index in [-0.39, 0.29) is 11.3 Å². The number of fused-ring (bicyclic) bond motifs is 1. The zero-order valence-corrected chi connectivity index (χ0v) is 23.2. The molecule has 0 saturated carbocycles. The van der Waals surface area contributed by atoms with Gasteiger partial charge in [-0.05, 0) is 24.1 Å². The first-order chi connectivity index (χ1) is 19.8. The molecule has 0 bridgehead atoms. The summed E-state index contributed by atoms with van der Waals surface area (Å²) in [4.78, 5) is 28.1. The van der Waals surface area contributed by atoms with Crippen molar-refractivity contribution in [3.63, 3.8) is 0 Å². The highest BCUT2D eigenvalue weighted by Crippen LogP contribution is 2.35. The van der Waals surface area contributed by atoms with Gasteiger partial charge in [0.25, 0.3) is 0 Å². The molecule has 41 heavy (non-hydrogen) atoms. The van der Waals surface area contributed by atoms with Crippen molar-refractivity contribution in [2.75, 3.05) is 11.9 Å². The summed E-state index contributed by atoms with van der Waals surface area (Å²) < 4.78 is 17.4. The monoisotopic (exact) mass is 547 g/mol. The van der Waals surface area contributed by atoms with E-state index in [1.807, 2.05) is 85.3 Å². The van der Waals surface area contributed by atoms with Crippen LogP contribution in [0.5, 0.6) is 0 Å². The van der Waals surface area contributed by atoms with Gasteiger partial charge in [0, 0.05) is 37.7 Å².